The Kier molecular flexibility index (Phi) is 4.18. The van der Waals surface area contributed by atoms with Crippen LogP contribution in [0, 0.1) is 5.82 Å². The summed E-state index contributed by atoms with van der Waals surface area (Å²) in [6, 6.07) is 11.5. The molecule has 0 unspecified atom stereocenters. The number of carbonyl (C=O) groups excluding carboxylic acids is 1. The van der Waals surface area contributed by atoms with E-state index in [0.29, 0.717) is 32.1 Å². The molecule has 1 amide bonds. The number of halogens is 1. The van der Waals surface area contributed by atoms with Gasteiger partial charge >= 0.3 is 0 Å². The summed E-state index contributed by atoms with van der Waals surface area (Å²) in [7, 11) is 0. The first-order valence-corrected chi connectivity index (χ1v) is 8.74. The van der Waals surface area contributed by atoms with Gasteiger partial charge in [-0.25, -0.2) is 14.4 Å². The third-order valence-electron chi connectivity index (χ3n) is 3.86. The van der Waals surface area contributed by atoms with Gasteiger partial charge < -0.3 is 10.3 Å². The molecule has 0 radical (unpaired) electrons. The quantitative estimate of drug-likeness (QED) is 0.579. The zero-order valence-electron chi connectivity index (χ0n) is 13.5. The smallest absolute Gasteiger partial charge is 0.270 e. The Bertz CT molecular complexity index is 1180. The van der Waals surface area contributed by atoms with Crippen molar-refractivity contribution in [3.8, 4) is 0 Å². The highest BCUT2D eigenvalue weighted by molar-refractivity contribution is 7.22. The van der Waals surface area contributed by atoms with Crippen molar-refractivity contribution in [2.24, 2.45) is 0 Å². The lowest BCUT2D eigenvalue weighted by atomic mass is 10.2. The summed E-state index contributed by atoms with van der Waals surface area (Å²) in [5, 5.41) is 3.08. The van der Waals surface area contributed by atoms with E-state index in [9.17, 15) is 14.0 Å². The molecule has 0 aliphatic rings. The van der Waals surface area contributed by atoms with Crippen LogP contribution in [0.25, 0.3) is 21.3 Å². The first-order chi connectivity index (χ1) is 12.6. The third kappa shape index (κ3) is 3.31. The number of fused-ring (bicyclic) bond motifs is 2. The molecule has 2 N–H and O–H groups in total. The lowest BCUT2D eigenvalue weighted by molar-refractivity contribution is -0.116. The van der Waals surface area contributed by atoms with Gasteiger partial charge in [0.1, 0.15) is 11.5 Å². The van der Waals surface area contributed by atoms with Crippen molar-refractivity contribution in [3.05, 3.63) is 64.3 Å². The molecule has 0 saturated carbocycles. The fourth-order valence-corrected chi connectivity index (χ4v) is 3.51. The van der Waals surface area contributed by atoms with E-state index in [4.69, 9.17) is 0 Å². The number of thiazole rings is 1. The number of aryl methyl sites for hydroxylation is 1. The summed E-state index contributed by atoms with van der Waals surface area (Å²) in [6.07, 6.45) is 0.310. The summed E-state index contributed by atoms with van der Waals surface area (Å²) in [4.78, 5) is 35.5. The van der Waals surface area contributed by atoms with Crippen LogP contribution in [-0.2, 0) is 11.2 Å². The molecule has 26 heavy (non-hydrogen) atoms. The summed E-state index contributed by atoms with van der Waals surface area (Å²) in [5.41, 5.74) is 1.97. The average molecular weight is 368 g/mol. The first kappa shape index (κ1) is 16.3. The third-order valence-corrected chi connectivity index (χ3v) is 4.79. The molecular formula is C18H13FN4O2S. The first-order valence-electron chi connectivity index (χ1n) is 7.92. The number of benzene rings is 2. The SMILES string of the molecule is O=C(CCc1nc2ccccc2[nH]c1=O)Nc1nc2ccc(F)cc2s1. The second-order valence-electron chi connectivity index (χ2n) is 5.71. The number of hydrogen-bond donors (Lipinski definition) is 2. The fourth-order valence-electron chi connectivity index (χ4n) is 2.60. The highest BCUT2D eigenvalue weighted by Gasteiger charge is 2.11. The number of carbonyl (C=O) groups is 1. The van der Waals surface area contributed by atoms with Gasteiger partial charge in [0.05, 0.1) is 21.3 Å². The van der Waals surface area contributed by atoms with Crippen LogP contribution in [0.1, 0.15) is 12.1 Å². The molecular weight excluding hydrogens is 355 g/mol. The standard InChI is InChI=1S/C18H13FN4O2S/c19-10-5-6-13-15(9-10)26-18(22-13)23-16(24)8-7-14-17(25)21-12-4-2-1-3-11(12)20-14/h1-6,9H,7-8H2,(H,21,25)(H,22,23,24). The van der Waals surface area contributed by atoms with Crippen molar-refractivity contribution in [1.82, 2.24) is 15.0 Å². The molecule has 4 rings (SSSR count). The zero-order valence-corrected chi connectivity index (χ0v) is 14.3. The molecule has 0 aliphatic carbocycles. The molecule has 130 valence electrons. The Morgan fingerprint density at radius 3 is 2.88 bits per heavy atom. The monoisotopic (exact) mass is 368 g/mol. The Morgan fingerprint density at radius 2 is 2.00 bits per heavy atom. The summed E-state index contributed by atoms with van der Waals surface area (Å²) in [6.45, 7) is 0. The van der Waals surface area contributed by atoms with E-state index in [-0.39, 0.29) is 30.1 Å². The van der Waals surface area contributed by atoms with Crippen LogP contribution >= 0.6 is 11.3 Å². The summed E-state index contributed by atoms with van der Waals surface area (Å²) in [5.74, 6) is -0.625. The van der Waals surface area contributed by atoms with Gasteiger partial charge in [-0.15, -0.1) is 0 Å². The number of aromatic nitrogens is 3. The largest absolute Gasteiger partial charge is 0.319 e. The molecule has 0 spiro atoms. The van der Waals surface area contributed by atoms with Gasteiger partial charge in [-0.2, -0.15) is 0 Å². The molecule has 4 aromatic rings. The Morgan fingerprint density at radius 1 is 1.15 bits per heavy atom. The van der Waals surface area contributed by atoms with Gasteiger partial charge in [-0.05, 0) is 30.3 Å². The minimum absolute atomic E-state index is 0.0959. The van der Waals surface area contributed by atoms with Gasteiger partial charge in [0, 0.05) is 12.8 Å². The topological polar surface area (TPSA) is 87.7 Å². The van der Waals surface area contributed by atoms with Crippen LogP contribution in [0.4, 0.5) is 9.52 Å². The van der Waals surface area contributed by atoms with Crippen LogP contribution in [0.3, 0.4) is 0 Å². The zero-order chi connectivity index (χ0) is 18.1. The Balaban J connectivity index is 1.46. The van der Waals surface area contributed by atoms with E-state index in [1.54, 1.807) is 18.2 Å². The van der Waals surface area contributed by atoms with Gasteiger partial charge in [0.15, 0.2) is 5.13 Å². The van der Waals surface area contributed by atoms with Crippen molar-refractivity contribution in [3.63, 3.8) is 0 Å². The highest BCUT2D eigenvalue weighted by Crippen LogP contribution is 2.26. The molecule has 6 nitrogen and oxygen atoms in total. The van der Waals surface area contributed by atoms with E-state index >= 15 is 0 Å². The van der Waals surface area contributed by atoms with E-state index in [1.807, 2.05) is 12.1 Å². The molecule has 2 heterocycles. The van der Waals surface area contributed by atoms with Crippen LogP contribution in [0.5, 0.6) is 0 Å². The van der Waals surface area contributed by atoms with Gasteiger partial charge in [-0.3, -0.25) is 9.59 Å². The molecule has 0 atom stereocenters. The lowest BCUT2D eigenvalue weighted by Gasteiger charge is -2.03. The lowest BCUT2D eigenvalue weighted by Crippen LogP contribution is -2.18. The van der Waals surface area contributed by atoms with Crippen molar-refractivity contribution in [1.29, 1.82) is 0 Å². The van der Waals surface area contributed by atoms with Gasteiger partial charge in [-0.1, -0.05) is 23.5 Å². The number of para-hydroxylation sites is 2. The van der Waals surface area contributed by atoms with E-state index in [0.717, 1.165) is 0 Å². The molecule has 0 saturated heterocycles. The van der Waals surface area contributed by atoms with Crippen LogP contribution in [0.2, 0.25) is 0 Å². The maximum absolute atomic E-state index is 13.2. The molecule has 8 heteroatoms. The number of hydrogen-bond acceptors (Lipinski definition) is 5. The molecule has 0 aliphatic heterocycles. The van der Waals surface area contributed by atoms with Gasteiger partial charge in [0.2, 0.25) is 5.91 Å². The summed E-state index contributed by atoms with van der Waals surface area (Å²) < 4.78 is 13.9. The number of rotatable bonds is 4. The van der Waals surface area contributed by atoms with E-state index < -0.39 is 0 Å². The second-order valence-corrected chi connectivity index (χ2v) is 6.74. The van der Waals surface area contributed by atoms with Crippen molar-refractivity contribution < 1.29 is 9.18 Å². The van der Waals surface area contributed by atoms with Crippen molar-refractivity contribution >= 4 is 43.6 Å². The number of anilines is 1. The molecule has 2 aromatic carbocycles. The summed E-state index contributed by atoms with van der Waals surface area (Å²) >= 11 is 1.20. The van der Waals surface area contributed by atoms with Crippen LogP contribution in [-0.4, -0.2) is 20.9 Å². The normalized spacial score (nSPS) is 11.1. The fraction of sp³-hybridized carbons (Fsp3) is 0.111. The van der Waals surface area contributed by atoms with Crippen LogP contribution in [0.15, 0.2) is 47.3 Å². The van der Waals surface area contributed by atoms with E-state index in [2.05, 4.69) is 20.3 Å². The van der Waals surface area contributed by atoms with E-state index in [1.165, 1.54) is 23.5 Å². The predicted octanol–water partition coefficient (Wildman–Crippen LogP) is 3.24. The Hall–Kier alpha value is -3.13. The molecule has 0 bridgehead atoms. The van der Waals surface area contributed by atoms with Gasteiger partial charge in [0.25, 0.3) is 5.56 Å². The number of nitrogens with one attached hydrogen (secondary N) is 2. The predicted molar refractivity (Wildman–Crippen MR) is 98.9 cm³/mol. The average Bonchev–Trinajstić information content (AvgIpc) is 3.01. The number of amides is 1. The number of H-pyrrole nitrogens is 1. The molecule has 0 fully saturated rings. The Labute approximate surface area is 150 Å². The minimum Gasteiger partial charge on any atom is -0.319 e. The minimum atomic E-state index is -0.347. The number of nitrogens with zero attached hydrogens (tertiary/aromatic N) is 2. The second kappa shape index (κ2) is 6.64. The van der Waals surface area contributed by atoms with Crippen molar-refractivity contribution in [2.45, 2.75) is 12.8 Å². The van der Waals surface area contributed by atoms with Crippen molar-refractivity contribution in [2.75, 3.05) is 5.32 Å². The maximum Gasteiger partial charge on any atom is 0.270 e. The molecule has 2 aromatic heterocycles. The van der Waals surface area contributed by atoms with Crippen LogP contribution < -0.4 is 10.9 Å². The highest BCUT2D eigenvalue weighted by atomic mass is 32.1. The number of aromatic amines is 1. The maximum atomic E-state index is 13.2.